The third-order valence-corrected chi connectivity index (χ3v) is 6.13. The number of nitrogens with zero attached hydrogens (tertiary/aromatic N) is 1. The van der Waals surface area contributed by atoms with Gasteiger partial charge in [-0.15, -0.1) is 0 Å². The molecule has 118 valence electrons. The first-order chi connectivity index (χ1) is 9.70. The predicted molar refractivity (Wildman–Crippen MR) is 88.2 cm³/mol. The lowest BCUT2D eigenvalue weighted by atomic mass is 9.82. The van der Waals surface area contributed by atoms with Crippen LogP contribution in [0.3, 0.4) is 0 Å². The first-order valence-corrected chi connectivity index (χ1v) is 9.20. The lowest BCUT2D eigenvalue weighted by molar-refractivity contribution is 0.00315. The minimum absolute atomic E-state index is 0.387. The zero-order valence-electron chi connectivity index (χ0n) is 14.1. The van der Waals surface area contributed by atoms with Crippen molar-refractivity contribution in [2.24, 2.45) is 0 Å². The molecule has 1 N–H and O–H groups in total. The molecule has 0 aromatic heterocycles. The average molecular weight is 280 g/mol. The van der Waals surface area contributed by atoms with E-state index < -0.39 is 0 Å². The molecule has 0 unspecified atom stereocenters. The number of hydrogen-bond acceptors (Lipinski definition) is 2. The number of unbranched alkanes of at least 4 members (excludes halogenated alkanes) is 3. The van der Waals surface area contributed by atoms with Crippen molar-refractivity contribution in [3.05, 3.63) is 0 Å². The highest BCUT2D eigenvalue weighted by atomic mass is 15.3. The van der Waals surface area contributed by atoms with Gasteiger partial charge in [-0.05, 0) is 38.6 Å². The second kappa shape index (κ2) is 7.26. The van der Waals surface area contributed by atoms with Crippen LogP contribution >= 0.6 is 0 Å². The van der Waals surface area contributed by atoms with Crippen LogP contribution in [-0.2, 0) is 0 Å². The summed E-state index contributed by atoms with van der Waals surface area (Å²) in [5.41, 5.74) is 0.901. The summed E-state index contributed by atoms with van der Waals surface area (Å²) in [5.74, 6) is 0. The van der Waals surface area contributed by atoms with Crippen LogP contribution in [0.1, 0.15) is 85.0 Å². The molecule has 2 heteroatoms. The van der Waals surface area contributed by atoms with Gasteiger partial charge in [0.25, 0.3) is 0 Å². The molecular weight excluding hydrogens is 244 g/mol. The van der Waals surface area contributed by atoms with E-state index in [4.69, 9.17) is 0 Å². The minimum Gasteiger partial charge on any atom is -0.308 e. The third kappa shape index (κ3) is 3.39. The zero-order valence-corrected chi connectivity index (χ0v) is 14.1. The van der Waals surface area contributed by atoms with Crippen molar-refractivity contribution in [2.75, 3.05) is 19.6 Å². The molecule has 1 spiro atoms. The smallest absolute Gasteiger partial charge is 0.0334 e. The first kappa shape index (κ1) is 16.3. The number of piperazine rings is 1. The molecule has 1 saturated carbocycles. The van der Waals surface area contributed by atoms with Crippen molar-refractivity contribution >= 4 is 0 Å². The fourth-order valence-electron chi connectivity index (χ4n) is 4.35. The van der Waals surface area contributed by atoms with Crippen molar-refractivity contribution < 1.29 is 0 Å². The number of nitrogens with one attached hydrogen (secondary N) is 1. The monoisotopic (exact) mass is 280 g/mol. The molecule has 0 radical (unpaired) electrons. The van der Waals surface area contributed by atoms with Gasteiger partial charge in [-0.2, -0.15) is 0 Å². The van der Waals surface area contributed by atoms with E-state index >= 15 is 0 Å². The standard InChI is InChI=1S/C18H36N2/c1-4-7-8-11-14-20-16-17(5-2,6-3)19-15-18(20)12-9-10-13-18/h19H,4-16H2,1-3H3. The Labute approximate surface area is 126 Å². The summed E-state index contributed by atoms with van der Waals surface area (Å²) in [5, 5.41) is 3.95. The molecule has 0 bridgehead atoms. The topological polar surface area (TPSA) is 15.3 Å². The Kier molecular flexibility index (Phi) is 5.92. The molecular formula is C18H36N2. The van der Waals surface area contributed by atoms with Crippen LogP contribution in [0.2, 0.25) is 0 Å². The van der Waals surface area contributed by atoms with Crippen molar-refractivity contribution in [3.8, 4) is 0 Å². The van der Waals surface area contributed by atoms with E-state index in [1.807, 2.05) is 0 Å². The molecule has 2 fully saturated rings. The van der Waals surface area contributed by atoms with Crippen molar-refractivity contribution in [1.29, 1.82) is 0 Å². The largest absolute Gasteiger partial charge is 0.308 e. The highest BCUT2D eigenvalue weighted by Gasteiger charge is 2.46. The van der Waals surface area contributed by atoms with Gasteiger partial charge in [-0.3, -0.25) is 4.90 Å². The molecule has 0 atom stereocenters. The predicted octanol–water partition coefficient (Wildman–Crippen LogP) is 4.34. The van der Waals surface area contributed by atoms with E-state index in [1.54, 1.807) is 0 Å². The first-order valence-electron chi connectivity index (χ1n) is 9.20. The fourth-order valence-corrected chi connectivity index (χ4v) is 4.35. The summed E-state index contributed by atoms with van der Waals surface area (Å²) >= 11 is 0. The SMILES string of the molecule is CCCCCCN1CC(CC)(CC)NCC12CCCC2. The van der Waals surface area contributed by atoms with Crippen LogP contribution in [0.25, 0.3) is 0 Å². The molecule has 2 aliphatic rings. The van der Waals surface area contributed by atoms with Crippen LogP contribution in [0, 0.1) is 0 Å². The molecule has 2 rings (SSSR count). The van der Waals surface area contributed by atoms with E-state index in [0.29, 0.717) is 11.1 Å². The summed E-state index contributed by atoms with van der Waals surface area (Å²) in [6.45, 7) is 10.9. The zero-order chi connectivity index (χ0) is 14.5. The lowest BCUT2D eigenvalue weighted by Gasteiger charge is -2.53. The van der Waals surface area contributed by atoms with Crippen LogP contribution in [-0.4, -0.2) is 35.6 Å². The van der Waals surface area contributed by atoms with Crippen molar-refractivity contribution in [3.63, 3.8) is 0 Å². The normalized spacial score (nSPS) is 25.4. The van der Waals surface area contributed by atoms with Crippen LogP contribution in [0.15, 0.2) is 0 Å². The summed E-state index contributed by atoms with van der Waals surface area (Å²) in [7, 11) is 0. The summed E-state index contributed by atoms with van der Waals surface area (Å²) in [4.78, 5) is 2.90. The van der Waals surface area contributed by atoms with E-state index in [-0.39, 0.29) is 0 Å². The molecule has 2 nitrogen and oxygen atoms in total. The van der Waals surface area contributed by atoms with Gasteiger partial charge in [0.2, 0.25) is 0 Å². The minimum atomic E-state index is 0.387. The summed E-state index contributed by atoms with van der Waals surface area (Å²) in [6.07, 6.45) is 13.9. The maximum absolute atomic E-state index is 3.95. The van der Waals surface area contributed by atoms with E-state index in [0.717, 1.165) is 0 Å². The Hall–Kier alpha value is -0.0800. The van der Waals surface area contributed by atoms with Gasteiger partial charge in [0.1, 0.15) is 0 Å². The lowest BCUT2D eigenvalue weighted by Crippen LogP contribution is -2.69. The van der Waals surface area contributed by atoms with E-state index in [9.17, 15) is 0 Å². The highest BCUT2D eigenvalue weighted by Crippen LogP contribution is 2.39. The Balaban J connectivity index is 1.99. The Morgan fingerprint density at radius 3 is 2.25 bits per heavy atom. The molecule has 1 saturated heterocycles. The molecule has 0 aromatic carbocycles. The van der Waals surface area contributed by atoms with Gasteiger partial charge in [-0.1, -0.05) is 52.9 Å². The van der Waals surface area contributed by atoms with Gasteiger partial charge in [0, 0.05) is 24.2 Å². The molecule has 1 heterocycles. The van der Waals surface area contributed by atoms with E-state index in [2.05, 4.69) is 31.0 Å². The Morgan fingerprint density at radius 1 is 0.950 bits per heavy atom. The van der Waals surface area contributed by atoms with Gasteiger partial charge in [0.15, 0.2) is 0 Å². The molecule has 1 aliphatic carbocycles. The Morgan fingerprint density at radius 2 is 1.65 bits per heavy atom. The van der Waals surface area contributed by atoms with E-state index in [1.165, 1.54) is 83.8 Å². The number of rotatable bonds is 7. The average Bonchev–Trinajstić information content (AvgIpc) is 2.95. The highest BCUT2D eigenvalue weighted by molar-refractivity contribution is 5.06. The maximum atomic E-state index is 3.95. The van der Waals surface area contributed by atoms with Crippen LogP contribution < -0.4 is 5.32 Å². The maximum Gasteiger partial charge on any atom is 0.0334 e. The van der Waals surface area contributed by atoms with Gasteiger partial charge in [0.05, 0.1) is 0 Å². The quantitative estimate of drug-likeness (QED) is 0.698. The molecule has 20 heavy (non-hydrogen) atoms. The molecule has 0 amide bonds. The molecule has 1 aliphatic heterocycles. The fraction of sp³-hybridized carbons (Fsp3) is 1.00. The summed E-state index contributed by atoms with van der Waals surface area (Å²) in [6, 6.07) is 0. The van der Waals surface area contributed by atoms with Crippen LogP contribution in [0.4, 0.5) is 0 Å². The molecule has 0 aromatic rings. The second-order valence-electron chi connectivity index (χ2n) is 7.25. The number of hydrogen-bond donors (Lipinski definition) is 1. The van der Waals surface area contributed by atoms with Gasteiger partial charge < -0.3 is 5.32 Å². The summed E-state index contributed by atoms with van der Waals surface area (Å²) < 4.78 is 0. The Bertz CT molecular complexity index is 277. The third-order valence-electron chi connectivity index (χ3n) is 6.13. The van der Waals surface area contributed by atoms with Crippen molar-refractivity contribution in [2.45, 2.75) is 96.1 Å². The van der Waals surface area contributed by atoms with Gasteiger partial charge >= 0.3 is 0 Å². The van der Waals surface area contributed by atoms with Crippen molar-refractivity contribution in [1.82, 2.24) is 10.2 Å². The second-order valence-corrected chi connectivity index (χ2v) is 7.25. The van der Waals surface area contributed by atoms with Gasteiger partial charge in [-0.25, -0.2) is 0 Å². The van der Waals surface area contributed by atoms with Crippen LogP contribution in [0.5, 0.6) is 0 Å².